The SMILES string of the molecule is COc1ccc(CCC(=O)Nc2cccc3cccnc23)cc1N. The number of pyridine rings is 1. The number of nitrogens with one attached hydrogen (secondary N) is 1. The van der Waals surface area contributed by atoms with Gasteiger partial charge in [0.15, 0.2) is 0 Å². The van der Waals surface area contributed by atoms with Crippen molar-refractivity contribution in [3.05, 3.63) is 60.3 Å². The molecule has 1 amide bonds. The number of aryl methyl sites for hydroxylation is 1. The van der Waals surface area contributed by atoms with Crippen LogP contribution in [0.1, 0.15) is 12.0 Å². The highest BCUT2D eigenvalue weighted by Gasteiger charge is 2.08. The van der Waals surface area contributed by atoms with Gasteiger partial charge in [0.25, 0.3) is 0 Å². The van der Waals surface area contributed by atoms with E-state index in [4.69, 9.17) is 10.5 Å². The van der Waals surface area contributed by atoms with Crippen molar-refractivity contribution >= 4 is 28.2 Å². The van der Waals surface area contributed by atoms with Crippen LogP contribution in [0.5, 0.6) is 5.75 Å². The Morgan fingerprint density at radius 2 is 2.04 bits per heavy atom. The fraction of sp³-hybridized carbons (Fsp3) is 0.158. The lowest BCUT2D eigenvalue weighted by Crippen LogP contribution is -2.13. The number of aromatic nitrogens is 1. The van der Waals surface area contributed by atoms with Crippen LogP contribution in [-0.2, 0) is 11.2 Å². The van der Waals surface area contributed by atoms with Gasteiger partial charge in [-0.05, 0) is 36.2 Å². The molecule has 5 nitrogen and oxygen atoms in total. The van der Waals surface area contributed by atoms with E-state index < -0.39 is 0 Å². The fourth-order valence-corrected chi connectivity index (χ4v) is 2.61. The van der Waals surface area contributed by atoms with E-state index in [1.54, 1.807) is 13.3 Å². The molecule has 0 radical (unpaired) electrons. The predicted molar refractivity (Wildman–Crippen MR) is 96.1 cm³/mol. The first kappa shape index (κ1) is 15.8. The number of hydrogen-bond donors (Lipinski definition) is 2. The van der Waals surface area contributed by atoms with Crippen LogP contribution in [0.3, 0.4) is 0 Å². The summed E-state index contributed by atoms with van der Waals surface area (Å²) in [7, 11) is 1.58. The number of methoxy groups -OCH3 is 1. The maximum absolute atomic E-state index is 12.2. The summed E-state index contributed by atoms with van der Waals surface area (Å²) in [6, 6.07) is 15.2. The molecular formula is C19H19N3O2. The van der Waals surface area contributed by atoms with E-state index in [1.165, 1.54) is 0 Å². The second kappa shape index (κ2) is 7.00. The van der Waals surface area contributed by atoms with Gasteiger partial charge in [-0.3, -0.25) is 9.78 Å². The van der Waals surface area contributed by atoms with E-state index in [0.29, 0.717) is 24.3 Å². The third-order valence-electron chi connectivity index (χ3n) is 3.84. The zero-order valence-electron chi connectivity index (χ0n) is 13.5. The maximum atomic E-state index is 12.2. The van der Waals surface area contributed by atoms with E-state index in [1.807, 2.05) is 48.5 Å². The largest absolute Gasteiger partial charge is 0.495 e. The van der Waals surface area contributed by atoms with Crippen LogP contribution >= 0.6 is 0 Å². The molecule has 1 aromatic heterocycles. The molecular weight excluding hydrogens is 302 g/mol. The Bertz CT molecular complexity index is 872. The van der Waals surface area contributed by atoms with Crippen LogP contribution in [0.2, 0.25) is 0 Å². The molecule has 0 fully saturated rings. The summed E-state index contributed by atoms with van der Waals surface area (Å²) >= 11 is 0. The minimum absolute atomic E-state index is 0.0532. The molecule has 3 rings (SSSR count). The van der Waals surface area contributed by atoms with Crippen LogP contribution in [0.25, 0.3) is 10.9 Å². The average molecular weight is 321 g/mol. The average Bonchev–Trinajstić information content (AvgIpc) is 2.60. The number of carbonyl (C=O) groups excluding carboxylic acids is 1. The predicted octanol–water partition coefficient (Wildman–Crippen LogP) is 3.40. The number of nitrogen functional groups attached to an aromatic ring is 1. The van der Waals surface area contributed by atoms with E-state index in [2.05, 4.69) is 10.3 Å². The molecule has 2 aromatic carbocycles. The van der Waals surface area contributed by atoms with Gasteiger partial charge in [-0.15, -0.1) is 0 Å². The third-order valence-corrected chi connectivity index (χ3v) is 3.84. The monoisotopic (exact) mass is 321 g/mol. The highest BCUT2D eigenvalue weighted by Crippen LogP contribution is 2.23. The van der Waals surface area contributed by atoms with Crippen molar-refractivity contribution in [2.45, 2.75) is 12.8 Å². The lowest BCUT2D eigenvalue weighted by molar-refractivity contribution is -0.116. The zero-order valence-corrected chi connectivity index (χ0v) is 13.5. The molecule has 0 aliphatic heterocycles. The standard InChI is InChI=1S/C19H19N3O2/c1-24-17-9-7-13(12-15(17)20)8-10-18(23)22-16-6-2-4-14-5-3-11-21-19(14)16/h2-7,9,11-12H,8,10,20H2,1H3,(H,22,23). The zero-order chi connectivity index (χ0) is 16.9. The van der Waals surface area contributed by atoms with Gasteiger partial charge in [-0.25, -0.2) is 0 Å². The minimum Gasteiger partial charge on any atom is -0.495 e. The number of para-hydroxylation sites is 1. The van der Waals surface area contributed by atoms with Crippen LogP contribution in [0.15, 0.2) is 54.7 Å². The van der Waals surface area contributed by atoms with Gasteiger partial charge in [0.05, 0.1) is 24.0 Å². The van der Waals surface area contributed by atoms with E-state index >= 15 is 0 Å². The van der Waals surface area contributed by atoms with Gasteiger partial charge in [0, 0.05) is 18.0 Å². The summed E-state index contributed by atoms with van der Waals surface area (Å²) in [5.74, 6) is 0.590. The Kier molecular flexibility index (Phi) is 4.61. The third kappa shape index (κ3) is 3.46. The first-order valence-electron chi connectivity index (χ1n) is 7.73. The molecule has 3 N–H and O–H groups in total. The smallest absolute Gasteiger partial charge is 0.224 e. The number of carbonyl (C=O) groups is 1. The highest BCUT2D eigenvalue weighted by atomic mass is 16.5. The summed E-state index contributed by atoms with van der Waals surface area (Å²) < 4.78 is 5.13. The van der Waals surface area contributed by atoms with Crippen molar-refractivity contribution in [2.75, 3.05) is 18.2 Å². The van der Waals surface area contributed by atoms with Gasteiger partial charge in [0.2, 0.25) is 5.91 Å². The van der Waals surface area contributed by atoms with Gasteiger partial charge < -0.3 is 15.8 Å². The van der Waals surface area contributed by atoms with Gasteiger partial charge in [0.1, 0.15) is 5.75 Å². The van der Waals surface area contributed by atoms with Crippen LogP contribution in [0.4, 0.5) is 11.4 Å². The Balaban J connectivity index is 1.66. The Morgan fingerprint density at radius 3 is 2.83 bits per heavy atom. The topological polar surface area (TPSA) is 77.2 Å². The lowest BCUT2D eigenvalue weighted by atomic mass is 10.1. The number of nitrogens with two attached hydrogens (primary N) is 1. The van der Waals surface area contributed by atoms with Crippen molar-refractivity contribution in [2.24, 2.45) is 0 Å². The Labute approximate surface area is 140 Å². The summed E-state index contributed by atoms with van der Waals surface area (Å²) in [4.78, 5) is 16.6. The second-order valence-electron chi connectivity index (χ2n) is 5.51. The van der Waals surface area contributed by atoms with Crippen molar-refractivity contribution in [3.63, 3.8) is 0 Å². The number of fused-ring (bicyclic) bond motifs is 1. The molecule has 122 valence electrons. The van der Waals surface area contributed by atoms with Crippen LogP contribution in [0, 0.1) is 0 Å². The quantitative estimate of drug-likeness (QED) is 0.706. The lowest BCUT2D eigenvalue weighted by Gasteiger charge is -2.09. The summed E-state index contributed by atoms with van der Waals surface area (Å²) in [6.07, 6.45) is 2.70. The second-order valence-corrected chi connectivity index (χ2v) is 5.51. The van der Waals surface area contributed by atoms with Crippen molar-refractivity contribution < 1.29 is 9.53 Å². The molecule has 1 heterocycles. The van der Waals surface area contributed by atoms with Gasteiger partial charge in [-0.2, -0.15) is 0 Å². The molecule has 24 heavy (non-hydrogen) atoms. The molecule has 3 aromatic rings. The number of rotatable bonds is 5. The van der Waals surface area contributed by atoms with Crippen LogP contribution in [-0.4, -0.2) is 18.0 Å². The molecule has 0 saturated heterocycles. The van der Waals surface area contributed by atoms with Gasteiger partial charge in [-0.1, -0.05) is 24.3 Å². The first-order valence-corrected chi connectivity index (χ1v) is 7.73. The number of benzene rings is 2. The number of amides is 1. The Hall–Kier alpha value is -3.08. The van der Waals surface area contributed by atoms with Crippen molar-refractivity contribution in [3.8, 4) is 5.75 Å². The van der Waals surface area contributed by atoms with E-state index in [0.717, 1.165) is 22.2 Å². The maximum Gasteiger partial charge on any atom is 0.224 e. The minimum atomic E-state index is -0.0532. The molecule has 0 saturated carbocycles. The molecule has 0 bridgehead atoms. The Morgan fingerprint density at radius 1 is 1.21 bits per heavy atom. The van der Waals surface area contributed by atoms with Crippen molar-refractivity contribution in [1.29, 1.82) is 0 Å². The van der Waals surface area contributed by atoms with Crippen molar-refractivity contribution in [1.82, 2.24) is 4.98 Å². The molecule has 0 unspecified atom stereocenters. The molecule has 0 atom stereocenters. The van der Waals surface area contributed by atoms with Crippen LogP contribution < -0.4 is 15.8 Å². The molecule has 0 aliphatic carbocycles. The summed E-state index contributed by atoms with van der Waals surface area (Å²) in [5, 5.41) is 3.93. The number of hydrogen-bond acceptors (Lipinski definition) is 4. The molecule has 5 heteroatoms. The van der Waals surface area contributed by atoms with E-state index in [9.17, 15) is 4.79 Å². The summed E-state index contributed by atoms with van der Waals surface area (Å²) in [5.41, 5.74) is 8.99. The first-order chi connectivity index (χ1) is 11.7. The number of ether oxygens (including phenoxy) is 1. The highest BCUT2D eigenvalue weighted by molar-refractivity contribution is 6.00. The molecule has 0 spiro atoms. The van der Waals surface area contributed by atoms with E-state index in [-0.39, 0.29) is 5.91 Å². The molecule has 0 aliphatic rings. The number of nitrogens with zero attached hydrogens (tertiary/aromatic N) is 1. The fourth-order valence-electron chi connectivity index (χ4n) is 2.61. The van der Waals surface area contributed by atoms with Gasteiger partial charge >= 0.3 is 0 Å². The normalized spacial score (nSPS) is 10.5. The number of anilines is 2. The summed E-state index contributed by atoms with van der Waals surface area (Å²) in [6.45, 7) is 0.